The van der Waals surface area contributed by atoms with Gasteiger partial charge in [0, 0.05) is 25.7 Å². The second-order valence-electron chi connectivity index (χ2n) is 30.9. The van der Waals surface area contributed by atoms with Crippen molar-refractivity contribution in [1.29, 1.82) is 0 Å². The number of ether oxygens (including phenoxy) is 4. The fourth-order valence-corrected chi connectivity index (χ4v) is 14.6. The topological polar surface area (TPSA) is 237 Å². The summed E-state index contributed by atoms with van der Waals surface area (Å²) < 4.78 is 68.8. The van der Waals surface area contributed by atoms with Gasteiger partial charge >= 0.3 is 39.5 Å². The third kappa shape index (κ3) is 76.6. The summed E-state index contributed by atoms with van der Waals surface area (Å²) in [5, 5.41) is 10.7. The number of carbonyl (C=O) groups is 4. The number of phosphoric ester groups is 2. The number of aliphatic hydroxyl groups excluding tert-OH is 1. The van der Waals surface area contributed by atoms with Crippen LogP contribution in [0.25, 0.3) is 0 Å². The lowest BCUT2D eigenvalue weighted by molar-refractivity contribution is -0.161. The van der Waals surface area contributed by atoms with E-state index in [1.54, 1.807) is 0 Å². The molecule has 0 rings (SSSR count). The Morgan fingerprint density at radius 1 is 0.282 bits per heavy atom. The summed E-state index contributed by atoms with van der Waals surface area (Å²) in [6.45, 7) is 9.69. The van der Waals surface area contributed by atoms with Gasteiger partial charge in [0.2, 0.25) is 0 Å². The van der Waals surface area contributed by atoms with Crippen molar-refractivity contribution in [2.24, 2.45) is 11.8 Å². The van der Waals surface area contributed by atoms with Gasteiger partial charge in [-0.1, -0.05) is 395 Å². The lowest BCUT2D eigenvalue weighted by Crippen LogP contribution is -2.30. The van der Waals surface area contributed by atoms with Gasteiger partial charge < -0.3 is 33.8 Å². The van der Waals surface area contributed by atoms with E-state index >= 15 is 0 Å². The summed E-state index contributed by atoms with van der Waals surface area (Å²) in [6, 6.07) is 0. The van der Waals surface area contributed by atoms with Crippen LogP contribution in [0.3, 0.4) is 0 Å². The van der Waals surface area contributed by atoms with Crippen LogP contribution in [0, 0.1) is 11.8 Å². The number of rotatable bonds is 83. The van der Waals surface area contributed by atoms with Crippen LogP contribution in [0.15, 0.2) is 0 Å². The van der Waals surface area contributed by atoms with Gasteiger partial charge in [0.15, 0.2) is 12.2 Å². The number of hydrogen-bond donors (Lipinski definition) is 3. The van der Waals surface area contributed by atoms with Crippen LogP contribution in [0.4, 0.5) is 0 Å². The van der Waals surface area contributed by atoms with Crippen LogP contribution >= 0.6 is 15.6 Å². The third-order valence-electron chi connectivity index (χ3n) is 20.1. The Bertz CT molecular complexity index is 1980. The first kappa shape index (κ1) is 101. The van der Waals surface area contributed by atoms with Crippen LogP contribution in [0.2, 0.25) is 0 Å². The second-order valence-corrected chi connectivity index (χ2v) is 33.8. The SMILES string of the molecule is CCCCCCCCCCCCCCCCCCC(=O)OC[C@H](COP(=O)(O)OC[C@@H](O)COP(=O)(O)OC[C@@H](COC(=O)CCCCCCCCCCC(C)C)OC(=O)CCCCCCCCCCCCCCCC)OC(=O)CCCCCCCCCCCCCCCCCCCCC(C)CC. The highest BCUT2D eigenvalue weighted by molar-refractivity contribution is 7.47. The highest BCUT2D eigenvalue weighted by Crippen LogP contribution is 2.45. The van der Waals surface area contributed by atoms with E-state index in [-0.39, 0.29) is 25.7 Å². The molecule has 0 aromatic heterocycles. The van der Waals surface area contributed by atoms with Gasteiger partial charge in [-0.2, -0.15) is 0 Å². The Labute approximate surface area is 632 Å². The van der Waals surface area contributed by atoms with E-state index in [1.165, 1.54) is 263 Å². The summed E-state index contributed by atoms with van der Waals surface area (Å²) in [5.41, 5.74) is 0. The van der Waals surface area contributed by atoms with Crippen molar-refractivity contribution in [2.75, 3.05) is 39.6 Å². The highest BCUT2D eigenvalue weighted by atomic mass is 31.2. The first-order chi connectivity index (χ1) is 49.9. The minimum atomic E-state index is -4.96. The van der Waals surface area contributed by atoms with Crippen molar-refractivity contribution in [3.63, 3.8) is 0 Å². The second kappa shape index (κ2) is 75.5. The molecule has 0 aliphatic rings. The average molecular weight is 1510 g/mol. The van der Waals surface area contributed by atoms with Gasteiger partial charge in [0.25, 0.3) is 0 Å². The maximum Gasteiger partial charge on any atom is 0.472 e. The standard InChI is InChI=1S/C84H164O17P2/c1-7-10-12-14-16-18-20-22-24-30-34-37-41-48-54-60-66-81(86)94-72-79(100-84(89)69-63-57-51-43-39-35-31-28-26-25-27-29-32-36-40-47-53-59-65-77(6)9-3)74-98-102(90,91)96-70-78(85)71-97-103(92,93)99-75-80(73-95-82(87)67-61-55-49-45-44-46-52-58-64-76(4)5)101-83(88)68-62-56-50-42-38-33-23-21-19-17-15-13-11-8-2/h76-80,85H,7-75H2,1-6H3,(H,90,91)(H,92,93)/t77?,78-,79-,80-/m1/s1. The molecule has 6 atom stereocenters. The van der Waals surface area contributed by atoms with Crippen LogP contribution in [-0.4, -0.2) is 96.7 Å². The van der Waals surface area contributed by atoms with Gasteiger partial charge in [0.1, 0.15) is 19.3 Å². The van der Waals surface area contributed by atoms with Crippen LogP contribution in [0.5, 0.6) is 0 Å². The van der Waals surface area contributed by atoms with E-state index in [0.29, 0.717) is 25.7 Å². The molecule has 0 aliphatic heterocycles. The molecule has 0 radical (unpaired) electrons. The summed E-state index contributed by atoms with van der Waals surface area (Å²) in [4.78, 5) is 73.1. The quantitative estimate of drug-likeness (QED) is 0.0222. The molecule has 19 heteroatoms. The molecule has 17 nitrogen and oxygen atoms in total. The first-order valence-electron chi connectivity index (χ1n) is 43.5. The number of aliphatic hydroxyl groups is 1. The predicted octanol–water partition coefficient (Wildman–Crippen LogP) is 25.5. The van der Waals surface area contributed by atoms with Crippen molar-refractivity contribution in [3.05, 3.63) is 0 Å². The zero-order valence-corrected chi connectivity index (χ0v) is 69.4. The Kier molecular flexibility index (Phi) is 74.1. The Morgan fingerprint density at radius 2 is 0.495 bits per heavy atom. The van der Waals surface area contributed by atoms with E-state index < -0.39 is 97.5 Å². The van der Waals surface area contributed by atoms with Crippen molar-refractivity contribution in [1.82, 2.24) is 0 Å². The first-order valence-corrected chi connectivity index (χ1v) is 46.5. The summed E-state index contributed by atoms with van der Waals surface area (Å²) in [5.74, 6) is -0.506. The number of unbranched alkanes of at least 4 members (excludes halogenated alkanes) is 52. The lowest BCUT2D eigenvalue weighted by atomic mass is 9.99. The number of carbonyl (C=O) groups excluding carboxylic acids is 4. The number of hydrogen-bond acceptors (Lipinski definition) is 15. The molecule has 0 amide bonds. The van der Waals surface area contributed by atoms with Crippen LogP contribution in [0.1, 0.15) is 446 Å². The largest absolute Gasteiger partial charge is 0.472 e. The van der Waals surface area contributed by atoms with Crippen LogP contribution < -0.4 is 0 Å². The maximum atomic E-state index is 13.1. The number of esters is 4. The molecule has 0 fully saturated rings. The smallest absolute Gasteiger partial charge is 0.462 e. The molecule has 0 aliphatic carbocycles. The average Bonchev–Trinajstić information content (AvgIpc) is 0.918. The highest BCUT2D eigenvalue weighted by Gasteiger charge is 2.30. The Hall–Kier alpha value is -1.94. The van der Waals surface area contributed by atoms with Gasteiger partial charge in [0.05, 0.1) is 26.4 Å². The van der Waals surface area contributed by atoms with E-state index in [2.05, 4.69) is 41.5 Å². The molecule has 0 heterocycles. The minimum absolute atomic E-state index is 0.108. The van der Waals surface area contributed by atoms with E-state index in [0.717, 1.165) is 102 Å². The zero-order valence-electron chi connectivity index (χ0n) is 67.6. The lowest BCUT2D eigenvalue weighted by Gasteiger charge is -2.21. The van der Waals surface area contributed by atoms with E-state index in [1.807, 2.05) is 0 Å². The Morgan fingerprint density at radius 3 is 0.738 bits per heavy atom. The van der Waals surface area contributed by atoms with Gasteiger partial charge in [-0.05, 0) is 37.5 Å². The molecule has 3 N–H and O–H groups in total. The molecule has 0 aromatic carbocycles. The monoisotopic (exact) mass is 1510 g/mol. The van der Waals surface area contributed by atoms with Gasteiger partial charge in [-0.15, -0.1) is 0 Å². The minimum Gasteiger partial charge on any atom is -0.462 e. The molecular weight excluding hydrogens is 1340 g/mol. The van der Waals surface area contributed by atoms with Crippen molar-refractivity contribution in [3.8, 4) is 0 Å². The third-order valence-corrected chi connectivity index (χ3v) is 22.0. The summed E-state index contributed by atoms with van der Waals surface area (Å²) in [6.07, 6.45) is 66.6. The molecule has 0 saturated heterocycles. The van der Waals surface area contributed by atoms with Crippen molar-refractivity contribution >= 4 is 39.5 Å². The molecule has 612 valence electrons. The van der Waals surface area contributed by atoms with Gasteiger partial charge in [-0.25, -0.2) is 9.13 Å². The van der Waals surface area contributed by atoms with Crippen molar-refractivity contribution in [2.45, 2.75) is 464 Å². The van der Waals surface area contributed by atoms with Crippen LogP contribution in [-0.2, 0) is 65.4 Å². The molecule has 0 aromatic rings. The molecule has 103 heavy (non-hydrogen) atoms. The molecular formula is C84H164O17P2. The predicted molar refractivity (Wildman–Crippen MR) is 423 cm³/mol. The summed E-state index contributed by atoms with van der Waals surface area (Å²) in [7, 11) is -9.92. The zero-order chi connectivity index (χ0) is 75.6. The van der Waals surface area contributed by atoms with Gasteiger partial charge in [-0.3, -0.25) is 37.3 Å². The fourth-order valence-electron chi connectivity index (χ4n) is 13.0. The van der Waals surface area contributed by atoms with Crippen molar-refractivity contribution < 1.29 is 80.2 Å². The molecule has 0 spiro atoms. The Balaban J connectivity index is 5.23. The fraction of sp³-hybridized carbons (Fsp3) is 0.952. The van der Waals surface area contributed by atoms with E-state index in [9.17, 15) is 43.2 Å². The summed E-state index contributed by atoms with van der Waals surface area (Å²) >= 11 is 0. The molecule has 0 bridgehead atoms. The molecule has 0 saturated carbocycles. The number of phosphoric acid groups is 2. The molecule has 3 unspecified atom stereocenters. The maximum absolute atomic E-state index is 13.1. The normalized spacial score (nSPS) is 14.1. The van der Waals surface area contributed by atoms with E-state index in [4.69, 9.17) is 37.0 Å².